The van der Waals surface area contributed by atoms with Crippen molar-refractivity contribution >= 4 is 5.97 Å². The molecule has 2 aromatic rings. The molecule has 2 heterocycles. The van der Waals surface area contributed by atoms with Gasteiger partial charge in [0.15, 0.2) is 5.82 Å². The first-order chi connectivity index (χ1) is 9.49. The summed E-state index contributed by atoms with van der Waals surface area (Å²) in [5, 5.41) is 21.5. The third kappa shape index (κ3) is 2.77. The summed E-state index contributed by atoms with van der Waals surface area (Å²) in [6.07, 6.45) is 1.19. The third-order valence-electron chi connectivity index (χ3n) is 2.54. The molecule has 0 fully saturated rings. The average molecular weight is 281 g/mol. The molecule has 2 rings (SSSR count). The van der Waals surface area contributed by atoms with Crippen molar-refractivity contribution in [3.8, 4) is 0 Å². The van der Waals surface area contributed by atoms with E-state index in [1.165, 1.54) is 6.20 Å². The highest BCUT2D eigenvalue weighted by molar-refractivity contribution is 5.72. The zero-order chi connectivity index (χ0) is 14.7. The molecule has 0 radical (unpaired) electrons. The van der Waals surface area contributed by atoms with Crippen molar-refractivity contribution in [2.24, 2.45) is 5.73 Å². The molecular formula is C9H11N7O4. The Balaban J connectivity index is 2.35. The third-order valence-corrected chi connectivity index (χ3v) is 2.54. The van der Waals surface area contributed by atoms with Crippen molar-refractivity contribution in [3.63, 3.8) is 0 Å². The summed E-state index contributed by atoms with van der Waals surface area (Å²) < 4.78 is 1.90. The van der Waals surface area contributed by atoms with Gasteiger partial charge in [0.05, 0.1) is 13.1 Å². The van der Waals surface area contributed by atoms with Crippen LogP contribution in [-0.2, 0) is 17.9 Å². The van der Waals surface area contributed by atoms with Gasteiger partial charge in [0.25, 0.3) is 5.56 Å². The molecule has 0 saturated carbocycles. The van der Waals surface area contributed by atoms with Crippen LogP contribution in [0.15, 0.2) is 21.9 Å². The normalized spacial score (nSPS) is 12.2. The van der Waals surface area contributed by atoms with Gasteiger partial charge in [0, 0.05) is 12.3 Å². The maximum atomic E-state index is 12.1. The Labute approximate surface area is 110 Å². The zero-order valence-electron chi connectivity index (χ0n) is 10.1. The highest BCUT2D eigenvalue weighted by Crippen LogP contribution is 1.88. The lowest BCUT2D eigenvalue weighted by atomic mass is 10.3. The van der Waals surface area contributed by atoms with Crippen LogP contribution in [0.4, 0.5) is 0 Å². The fraction of sp³-hybridized carbons (Fsp3) is 0.333. The summed E-state index contributed by atoms with van der Waals surface area (Å²) >= 11 is 0. The lowest BCUT2D eigenvalue weighted by molar-refractivity contribution is -0.138. The van der Waals surface area contributed by atoms with Crippen LogP contribution < -0.4 is 17.0 Å². The van der Waals surface area contributed by atoms with Crippen LogP contribution in [0, 0.1) is 0 Å². The summed E-state index contributed by atoms with van der Waals surface area (Å²) in [5.41, 5.74) is 4.10. The van der Waals surface area contributed by atoms with E-state index in [-0.39, 0.29) is 18.9 Å². The second-order valence-electron chi connectivity index (χ2n) is 3.95. The first kappa shape index (κ1) is 13.6. The van der Waals surface area contributed by atoms with Crippen LogP contribution in [0.5, 0.6) is 0 Å². The number of rotatable bonds is 5. The number of H-pyrrole nitrogens is 1. The lowest BCUT2D eigenvalue weighted by Gasteiger charge is -2.11. The molecule has 4 N–H and O–H groups in total. The molecule has 106 valence electrons. The SMILES string of the molecule is N[C@@H](Cn1ccc(=O)n(Cc2nn[nH]n2)c1=O)C(=O)O. The molecule has 0 aliphatic carbocycles. The van der Waals surface area contributed by atoms with Gasteiger partial charge >= 0.3 is 11.7 Å². The molecule has 0 saturated heterocycles. The molecule has 0 spiro atoms. The second-order valence-corrected chi connectivity index (χ2v) is 3.95. The average Bonchev–Trinajstić information content (AvgIpc) is 2.90. The minimum absolute atomic E-state index is 0.157. The Bertz CT molecular complexity index is 717. The van der Waals surface area contributed by atoms with Crippen LogP contribution in [0.3, 0.4) is 0 Å². The predicted octanol–water partition coefficient (Wildman–Crippen LogP) is -3.02. The van der Waals surface area contributed by atoms with E-state index < -0.39 is 23.3 Å². The van der Waals surface area contributed by atoms with Crippen molar-refractivity contribution < 1.29 is 9.90 Å². The standard InChI is InChI=1S/C9H11N7O4/c10-5(8(18)19)3-15-2-1-7(17)16(9(15)20)4-6-11-13-14-12-6/h1-2,5H,3-4,10H2,(H,18,19)(H,11,12,13,14)/t5-/m0/s1. The molecule has 11 heteroatoms. The van der Waals surface area contributed by atoms with Gasteiger partial charge in [-0.1, -0.05) is 5.21 Å². The number of hydrogen-bond acceptors (Lipinski definition) is 7. The number of nitrogens with two attached hydrogens (primary N) is 1. The van der Waals surface area contributed by atoms with Crippen LogP contribution in [0.1, 0.15) is 5.82 Å². The van der Waals surface area contributed by atoms with Gasteiger partial charge in [0.1, 0.15) is 6.04 Å². The summed E-state index contributed by atoms with van der Waals surface area (Å²) in [7, 11) is 0. The van der Waals surface area contributed by atoms with Crippen LogP contribution in [-0.4, -0.2) is 46.9 Å². The minimum Gasteiger partial charge on any atom is -0.480 e. The maximum Gasteiger partial charge on any atom is 0.331 e. The van der Waals surface area contributed by atoms with E-state index in [1.807, 2.05) is 0 Å². The Hall–Kier alpha value is -2.82. The molecule has 20 heavy (non-hydrogen) atoms. The Morgan fingerprint density at radius 2 is 2.25 bits per heavy atom. The fourth-order valence-electron chi connectivity index (χ4n) is 1.52. The van der Waals surface area contributed by atoms with E-state index in [0.717, 1.165) is 15.2 Å². The molecule has 0 unspecified atom stereocenters. The molecule has 1 atom stereocenters. The molecule has 2 aromatic heterocycles. The molecule has 11 nitrogen and oxygen atoms in total. The number of aromatic nitrogens is 6. The summed E-state index contributed by atoms with van der Waals surface area (Å²) in [4.78, 5) is 34.4. The van der Waals surface area contributed by atoms with Gasteiger partial charge in [0.2, 0.25) is 0 Å². The molecular weight excluding hydrogens is 270 g/mol. The van der Waals surface area contributed by atoms with Gasteiger partial charge in [-0.3, -0.25) is 18.7 Å². The van der Waals surface area contributed by atoms with Gasteiger partial charge in [-0.2, -0.15) is 5.21 Å². The number of carbonyl (C=O) groups is 1. The highest BCUT2D eigenvalue weighted by atomic mass is 16.4. The lowest BCUT2D eigenvalue weighted by Crippen LogP contribution is -2.44. The second kappa shape index (κ2) is 5.44. The molecule has 0 aromatic carbocycles. The molecule has 0 amide bonds. The summed E-state index contributed by atoms with van der Waals surface area (Å²) in [6, 6.07) is -0.111. The van der Waals surface area contributed by atoms with Crippen molar-refractivity contribution in [2.75, 3.05) is 0 Å². The molecule has 0 bridgehead atoms. The number of nitrogens with one attached hydrogen (secondary N) is 1. The van der Waals surface area contributed by atoms with Gasteiger partial charge in [-0.15, -0.1) is 10.2 Å². The molecule has 0 aliphatic rings. The van der Waals surface area contributed by atoms with E-state index in [1.54, 1.807) is 0 Å². The van der Waals surface area contributed by atoms with E-state index in [0.29, 0.717) is 0 Å². The van der Waals surface area contributed by atoms with Gasteiger partial charge in [-0.25, -0.2) is 4.79 Å². The topological polar surface area (TPSA) is 162 Å². The first-order valence-corrected chi connectivity index (χ1v) is 5.50. The van der Waals surface area contributed by atoms with E-state index in [4.69, 9.17) is 10.8 Å². The fourth-order valence-corrected chi connectivity index (χ4v) is 1.52. The number of aliphatic carboxylic acids is 1. The number of tetrazole rings is 1. The number of nitrogens with zero attached hydrogens (tertiary/aromatic N) is 5. The quantitative estimate of drug-likeness (QED) is 0.521. The van der Waals surface area contributed by atoms with Crippen LogP contribution in [0.2, 0.25) is 0 Å². The predicted molar refractivity (Wildman–Crippen MR) is 63.9 cm³/mol. The Morgan fingerprint density at radius 1 is 1.50 bits per heavy atom. The van der Waals surface area contributed by atoms with E-state index in [9.17, 15) is 14.4 Å². The van der Waals surface area contributed by atoms with Crippen molar-refractivity contribution in [1.82, 2.24) is 29.8 Å². The van der Waals surface area contributed by atoms with E-state index >= 15 is 0 Å². The van der Waals surface area contributed by atoms with Crippen LogP contribution in [0.25, 0.3) is 0 Å². The van der Waals surface area contributed by atoms with Gasteiger partial charge in [-0.05, 0) is 0 Å². The zero-order valence-corrected chi connectivity index (χ0v) is 10.1. The number of aromatic amines is 1. The first-order valence-electron chi connectivity index (χ1n) is 5.50. The largest absolute Gasteiger partial charge is 0.480 e. The smallest absolute Gasteiger partial charge is 0.331 e. The Kier molecular flexibility index (Phi) is 3.70. The van der Waals surface area contributed by atoms with E-state index in [2.05, 4.69) is 20.6 Å². The van der Waals surface area contributed by atoms with Gasteiger partial charge < -0.3 is 10.8 Å². The molecule has 0 aliphatic heterocycles. The minimum atomic E-state index is -1.25. The monoisotopic (exact) mass is 281 g/mol. The number of carboxylic acids is 1. The summed E-state index contributed by atoms with van der Waals surface area (Å²) in [5.74, 6) is -1.09. The number of carboxylic acid groups (broad SMARTS) is 1. The Morgan fingerprint density at radius 3 is 2.85 bits per heavy atom. The van der Waals surface area contributed by atoms with Crippen molar-refractivity contribution in [2.45, 2.75) is 19.1 Å². The summed E-state index contributed by atoms with van der Waals surface area (Å²) in [6.45, 7) is -0.419. The number of hydrogen-bond donors (Lipinski definition) is 3. The van der Waals surface area contributed by atoms with Crippen molar-refractivity contribution in [1.29, 1.82) is 0 Å². The van der Waals surface area contributed by atoms with Crippen LogP contribution >= 0.6 is 0 Å². The van der Waals surface area contributed by atoms with Crippen molar-refractivity contribution in [3.05, 3.63) is 38.9 Å². The highest BCUT2D eigenvalue weighted by Gasteiger charge is 2.15. The maximum absolute atomic E-state index is 12.1.